The molecule has 1 aliphatic heterocycles. The van der Waals surface area contributed by atoms with E-state index in [4.69, 9.17) is 9.47 Å². The lowest BCUT2D eigenvalue weighted by Crippen LogP contribution is -2.38. The molecule has 0 bridgehead atoms. The molecule has 0 spiro atoms. The molecule has 3 rings (SSSR count). The fourth-order valence-electron chi connectivity index (χ4n) is 3.00. The molecular formula is C22H27N3O4. The fraction of sp³-hybridized carbons (Fsp3) is 0.409. The summed E-state index contributed by atoms with van der Waals surface area (Å²) in [6.07, 6.45) is 1.79. The molecule has 154 valence electrons. The Morgan fingerprint density at radius 2 is 2.00 bits per heavy atom. The van der Waals surface area contributed by atoms with Crippen LogP contribution in [0.4, 0.5) is 0 Å². The maximum absolute atomic E-state index is 12.4. The summed E-state index contributed by atoms with van der Waals surface area (Å²) in [6.45, 7) is 6.07. The Balaban J connectivity index is 1.44. The van der Waals surface area contributed by atoms with E-state index in [1.54, 1.807) is 17.0 Å². The highest BCUT2D eigenvalue weighted by Crippen LogP contribution is 2.14. The molecule has 1 N–H and O–H groups in total. The first-order valence-corrected chi connectivity index (χ1v) is 9.86. The van der Waals surface area contributed by atoms with Gasteiger partial charge in [-0.25, -0.2) is 4.98 Å². The van der Waals surface area contributed by atoms with E-state index in [1.807, 2.05) is 30.3 Å². The van der Waals surface area contributed by atoms with Crippen molar-refractivity contribution in [3.63, 3.8) is 0 Å². The molecule has 0 radical (unpaired) electrons. The van der Waals surface area contributed by atoms with Crippen molar-refractivity contribution in [3.05, 3.63) is 54.2 Å². The Morgan fingerprint density at radius 3 is 2.69 bits per heavy atom. The first-order chi connectivity index (χ1) is 14.0. The average molecular weight is 397 g/mol. The summed E-state index contributed by atoms with van der Waals surface area (Å²) in [4.78, 5) is 30.5. The van der Waals surface area contributed by atoms with Gasteiger partial charge in [0.25, 0.3) is 5.91 Å². The molecule has 1 aromatic heterocycles. The first kappa shape index (κ1) is 20.6. The monoisotopic (exact) mass is 397 g/mol. The van der Waals surface area contributed by atoms with Gasteiger partial charge in [0, 0.05) is 25.2 Å². The number of hydrogen-bond acceptors (Lipinski definition) is 5. The van der Waals surface area contributed by atoms with Crippen LogP contribution in [-0.2, 0) is 4.79 Å². The maximum atomic E-state index is 12.4. The summed E-state index contributed by atoms with van der Waals surface area (Å²) in [5.74, 6) is 1.45. The van der Waals surface area contributed by atoms with Crippen LogP contribution in [-0.4, -0.2) is 54.0 Å². The first-order valence-electron chi connectivity index (χ1n) is 9.86. The van der Waals surface area contributed by atoms with Crippen molar-refractivity contribution in [2.45, 2.75) is 26.3 Å². The number of nitrogens with one attached hydrogen (secondary N) is 1. The van der Waals surface area contributed by atoms with Crippen LogP contribution in [0.2, 0.25) is 0 Å². The van der Waals surface area contributed by atoms with Gasteiger partial charge in [-0.05, 0) is 24.1 Å². The van der Waals surface area contributed by atoms with Crippen molar-refractivity contribution in [1.82, 2.24) is 15.2 Å². The molecule has 2 amide bonds. The molecule has 0 aliphatic carbocycles. The predicted molar refractivity (Wildman–Crippen MR) is 109 cm³/mol. The van der Waals surface area contributed by atoms with Crippen molar-refractivity contribution in [2.24, 2.45) is 5.92 Å². The second-order valence-electron chi connectivity index (χ2n) is 7.47. The molecule has 1 atom stereocenters. The van der Waals surface area contributed by atoms with E-state index in [-0.39, 0.29) is 17.9 Å². The smallest absolute Gasteiger partial charge is 0.253 e. The van der Waals surface area contributed by atoms with Crippen LogP contribution in [0.5, 0.6) is 11.6 Å². The van der Waals surface area contributed by atoms with Crippen LogP contribution >= 0.6 is 0 Å². The second kappa shape index (κ2) is 9.91. The van der Waals surface area contributed by atoms with Gasteiger partial charge in [0.1, 0.15) is 12.4 Å². The van der Waals surface area contributed by atoms with Crippen molar-refractivity contribution < 1.29 is 19.1 Å². The molecule has 2 heterocycles. The van der Waals surface area contributed by atoms with Crippen LogP contribution in [0.15, 0.2) is 48.7 Å². The molecule has 0 saturated carbocycles. The molecule has 1 unspecified atom stereocenters. The van der Waals surface area contributed by atoms with Gasteiger partial charge in [-0.3, -0.25) is 9.59 Å². The highest BCUT2D eigenvalue weighted by molar-refractivity contribution is 5.94. The molecule has 7 heteroatoms. The van der Waals surface area contributed by atoms with E-state index in [2.05, 4.69) is 24.1 Å². The van der Waals surface area contributed by atoms with E-state index >= 15 is 0 Å². The van der Waals surface area contributed by atoms with E-state index in [1.165, 1.54) is 6.20 Å². The number of carbonyl (C=O) groups is 2. The van der Waals surface area contributed by atoms with Crippen LogP contribution < -0.4 is 14.8 Å². The Kier molecular flexibility index (Phi) is 7.05. The van der Waals surface area contributed by atoms with E-state index in [0.717, 1.165) is 5.75 Å². The molecule has 1 aromatic carbocycles. The summed E-state index contributed by atoms with van der Waals surface area (Å²) in [5.41, 5.74) is 0.445. The SMILES string of the molecule is CC(C)COc1ccc(C(=O)NC2CC(=O)N(CCOc3ccccc3)C2)cn1. The number of pyridine rings is 1. The summed E-state index contributed by atoms with van der Waals surface area (Å²) in [6, 6.07) is 12.6. The minimum absolute atomic E-state index is 0.0162. The van der Waals surface area contributed by atoms with E-state index in [9.17, 15) is 9.59 Å². The van der Waals surface area contributed by atoms with Crippen LogP contribution in [0.25, 0.3) is 0 Å². The van der Waals surface area contributed by atoms with Crippen molar-refractivity contribution in [1.29, 1.82) is 0 Å². The zero-order valence-electron chi connectivity index (χ0n) is 16.8. The topological polar surface area (TPSA) is 80.8 Å². The minimum Gasteiger partial charge on any atom is -0.492 e. The number of ether oxygens (including phenoxy) is 2. The standard InChI is InChI=1S/C22H27N3O4/c1-16(2)15-29-20-9-8-17(13-23-20)22(27)24-18-12-21(26)25(14-18)10-11-28-19-6-4-3-5-7-19/h3-9,13,16,18H,10-12,14-15H2,1-2H3,(H,24,27). The fourth-order valence-corrected chi connectivity index (χ4v) is 3.00. The number of benzene rings is 1. The zero-order valence-corrected chi connectivity index (χ0v) is 16.8. The highest BCUT2D eigenvalue weighted by Gasteiger charge is 2.30. The third-order valence-corrected chi connectivity index (χ3v) is 4.49. The zero-order chi connectivity index (χ0) is 20.6. The third-order valence-electron chi connectivity index (χ3n) is 4.49. The summed E-state index contributed by atoms with van der Waals surface area (Å²) < 4.78 is 11.2. The van der Waals surface area contributed by atoms with Crippen molar-refractivity contribution in [3.8, 4) is 11.6 Å². The van der Waals surface area contributed by atoms with Gasteiger partial charge >= 0.3 is 0 Å². The van der Waals surface area contributed by atoms with Crippen molar-refractivity contribution >= 4 is 11.8 Å². The van der Waals surface area contributed by atoms with Crippen LogP contribution in [0.3, 0.4) is 0 Å². The van der Waals surface area contributed by atoms with Gasteiger partial charge in [0.05, 0.1) is 24.8 Å². The lowest BCUT2D eigenvalue weighted by atomic mass is 10.2. The number of carbonyl (C=O) groups excluding carboxylic acids is 2. The average Bonchev–Trinajstić information content (AvgIpc) is 3.06. The Labute approximate surface area is 171 Å². The second-order valence-corrected chi connectivity index (χ2v) is 7.47. The van der Waals surface area contributed by atoms with E-state index in [0.29, 0.717) is 50.1 Å². The Bertz CT molecular complexity index is 809. The quantitative estimate of drug-likeness (QED) is 0.703. The molecule has 1 aliphatic rings. The van der Waals surface area contributed by atoms with Crippen LogP contribution in [0, 0.1) is 5.92 Å². The molecule has 7 nitrogen and oxygen atoms in total. The predicted octanol–water partition coefficient (Wildman–Crippen LogP) is 2.53. The number of likely N-dealkylation sites (tertiary alicyclic amines) is 1. The minimum atomic E-state index is -0.243. The van der Waals surface area contributed by atoms with Gasteiger partial charge in [0.2, 0.25) is 11.8 Å². The van der Waals surface area contributed by atoms with Gasteiger partial charge in [-0.2, -0.15) is 0 Å². The van der Waals surface area contributed by atoms with Crippen LogP contribution in [0.1, 0.15) is 30.6 Å². The van der Waals surface area contributed by atoms with Crippen molar-refractivity contribution in [2.75, 3.05) is 26.3 Å². The summed E-state index contributed by atoms with van der Waals surface area (Å²) >= 11 is 0. The van der Waals surface area contributed by atoms with Gasteiger partial charge in [0.15, 0.2) is 0 Å². The normalized spacial score (nSPS) is 16.2. The lowest BCUT2D eigenvalue weighted by molar-refractivity contribution is -0.128. The molecular weight excluding hydrogens is 370 g/mol. The number of nitrogens with zero attached hydrogens (tertiary/aromatic N) is 2. The lowest BCUT2D eigenvalue weighted by Gasteiger charge is -2.17. The maximum Gasteiger partial charge on any atom is 0.253 e. The third kappa shape index (κ3) is 6.20. The number of amides is 2. The summed E-state index contributed by atoms with van der Waals surface area (Å²) in [5, 5.41) is 2.91. The highest BCUT2D eigenvalue weighted by atomic mass is 16.5. The largest absolute Gasteiger partial charge is 0.492 e. The Hall–Kier alpha value is -3.09. The molecule has 29 heavy (non-hydrogen) atoms. The van der Waals surface area contributed by atoms with Gasteiger partial charge < -0.3 is 19.7 Å². The number of aromatic nitrogens is 1. The molecule has 1 fully saturated rings. The summed E-state index contributed by atoms with van der Waals surface area (Å²) in [7, 11) is 0. The number of para-hydroxylation sites is 1. The van der Waals surface area contributed by atoms with E-state index < -0.39 is 0 Å². The van der Waals surface area contributed by atoms with Gasteiger partial charge in [-0.15, -0.1) is 0 Å². The Morgan fingerprint density at radius 1 is 1.21 bits per heavy atom. The molecule has 1 saturated heterocycles. The number of rotatable bonds is 9. The molecule has 2 aromatic rings. The van der Waals surface area contributed by atoms with Gasteiger partial charge in [-0.1, -0.05) is 32.0 Å². The number of hydrogen-bond donors (Lipinski definition) is 1.